The van der Waals surface area contributed by atoms with Gasteiger partial charge >= 0.3 is 5.97 Å². The molecule has 4 nitrogen and oxygen atoms in total. The topological polar surface area (TPSA) is 55.8 Å². The monoisotopic (exact) mass is 246 g/mol. The van der Waals surface area contributed by atoms with Crippen LogP contribution in [0.15, 0.2) is 0 Å². The van der Waals surface area contributed by atoms with E-state index in [4.69, 9.17) is 14.6 Å². The van der Waals surface area contributed by atoms with Gasteiger partial charge in [-0.2, -0.15) is 0 Å². The summed E-state index contributed by atoms with van der Waals surface area (Å²) in [7, 11) is 0. The molecule has 1 unspecified atom stereocenters. The van der Waals surface area contributed by atoms with Crippen molar-refractivity contribution in [2.75, 3.05) is 13.2 Å². The minimum atomic E-state index is -0.780. The fourth-order valence-corrected chi connectivity index (χ4v) is 1.16. The zero-order valence-corrected chi connectivity index (χ0v) is 11.7. The number of carboxylic acids is 1. The second kappa shape index (κ2) is 6.97. The first kappa shape index (κ1) is 16.4. The molecule has 102 valence electrons. The molecule has 0 bridgehead atoms. The molecule has 0 aromatic rings. The summed E-state index contributed by atoms with van der Waals surface area (Å²) in [6, 6.07) is 0. The molecular formula is C13H26O4. The first-order valence-corrected chi connectivity index (χ1v) is 6.18. The minimum absolute atomic E-state index is 0.153. The van der Waals surface area contributed by atoms with Crippen LogP contribution in [0.3, 0.4) is 0 Å². The summed E-state index contributed by atoms with van der Waals surface area (Å²) in [4.78, 5) is 10.4. The predicted octanol–water partition coefficient (Wildman–Crippen LogP) is 2.85. The Morgan fingerprint density at radius 1 is 1.18 bits per heavy atom. The van der Waals surface area contributed by atoms with Crippen LogP contribution >= 0.6 is 0 Å². The molecule has 0 heterocycles. The Bertz CT molecular complexity index is 232. The van der Waals surface area contributed by atoms with E-state index < -0.39 is 5.97 Å². The van der Waals surface area contributed by atoms with Gasteiger partial charge in [-0.25, -0.2) is 0 Å². The normalized spacial score (nSPS) is 15.6. The quantitative estimate of drug-likeness (QED) is 0.669. The van der Waals surface area contributed by atoms with Crippen molar-refractivity contribution >= 4 is 5.97 Å². The highest BCUT2D eigenvalue weighted by Gasteiger charge is 2.25. The average molecular weight is 246 g/mol. The number of carboxylic acid groups (broad SMARTS) is 1. The van der Waals surface area contributed by atoms with Crippen LogP contribution in [0, 0.1) is 0 Å². The first-order chi connectivity index (χ1) is 7.68. The maximum absolute atomic E-state index is 10.4. The van der Waals surface area contributed by atoms with E-state index in [9.17, 15) is 4.79 Å². The molecule has 0 rings (SSSR count). The summed E-state index contributed by atoms with van der Waals surface area (Å²) < 4.78 is 11.5. The van der Waals surface area contributed by atoms with E-state index in [-0.39, 0.29) is 17.6 Å². The number of rotatable bonds is 8. The Kier molecular flexibility index (Phi) is 6.72. The van der Waals surface area contributed by atoms with Gasteiger partial charge in [0.25, 0.3) is 0 Å². The van der Waals surface area contributed by atoms with E-state index >= 15 is 0 Å². The number of hydrogen-bond acceptors (Lipinski definition) is 3. The van der Waals surface area contributed by atoms with Gasteiger partial charge in [-0.15, -0.1) is 0 Å². The zero-order valence-electron chi connectivity index (χ0n) is 11.7. The molecule has 1 N–H and O–H groups in total. The van der Waals surface area contributed by atoms with E-state index in [1.807, 2.05) is 34.6 Å². The van der Waals surface area contributed by atoms with Crippen LogP contribution in [-0.2, 0) is 14.3 Å². The smallest absolute Gasteiger partial charge is 0.303 e. The van der Waals surface area contributed by atoms with E-state index in [0.717, 1.165) is 6.42 Å². The minimum Gasteiger partial charge on any atom is -0.481 e. The Hall–Kier alpha value is -0.610. The standard InChI is InChI=1S/C13H26O4/c1-6-13(5,10-17-12(2,3)4)16-9-7-8-11(14)15/h6-10H2,1-5H3,(H,14,15). The Balaban J connectivity index is 3.97. The van der Waals surface area contributed by atoms with E-state index in [1.165, 1.54) is 0 Å². The van der Waals surface area contributed by atoms with Crippen LogP contribution in [0.1, 0.15) is 53.9 Å². The molecule has 0 fully saturated rings. The molecule has 0 saturated carbocycles. The molecule has 0 aliphatic carbocycles. The van der Waals surface area contributed by atoms with Gasteiger partial charge < -0.3 is 14.6 Å². The average Bonchev–Trinajstić information content (AvgIpc) is 2.20. The fraction of sp³-hybridized carbons (Fsp3) is 0.923. The third kappa shape index (κ3) is 9.12. The van der Waals surface area contributed by atoms with Crippen LogP contribution in [0.5, 0.6) is 0 Å². The van der Waals surface area contributed by atoms with Crippen molar-refractivity contribution in [3.05, 3.63) is 0 Å². The maximum Gasteiger partial charge on any atom is 0.303 e. The number of aliphatic carboxylic acids is 1. The van der Waals surface area contributed by atoms with Gasteiger partial charge in [0.1, 0.15) is 0 Å². The van der Waals surface area contributed by atoms with Gasteiger partial charge in [-0.05, 0) is 40.5 Å². The summed E-state index contributed by atoms with van der Waals surface area (Å²) in [6.45, 7) is 11.1. The van der Waals surface area contributed by atoms with Crippen LogP contribution in [0.25, 0.3) is 0 Å². The van der Waals surface area contributed by atoms with Crippen LogP contribution in [0.4, 0.5) is 0 Å². The molecular weight excluding hydrogens is 220 g/mol. The summed E-state index contributed by atoms with van der Waals surface area (Å²) in [6.07, 6.45) is 1.54. The van der Waals surface area contributed by atoms with Crippen molar-refractivity contribution in [1.82, 2.24) is 0 Å². The van der Waals surface area contributed by atoms with Crippen molar-refractivity contribution in [3.63, 3.8) is 0 Å². The van der Waals surface area contributed by atoms with Crippen LogP contribution in [-0.4, -0.2) is 35.5 Å². The number of hydrogen-bond donors (Lipinski definition) is 1. The van der Waals surface area contributed by atoms with Crippen LogP contribution in [0.2, 0.25) is 0 Å². The highest BCUT2D eigenvalue weighted by molar-refractivity contribution is 5.66. The Morgan fingerprint density at radius 2 is 1.76 bits per heavy atom. The molecule has 4 heteroatoms. The van der Waals surface area contributed by atoms with Gasteiger partial charge in [0, 0.05) is 13.0 Å². The number of ether oxygens (including phenoxy) is 2. The molecule has 0 aromatic heterocycles. The molecule has 0 saturated heterocycles. The second-order valence-corrected chi connectivity index (χ2v) is 5.55. The van der Waals surface area contributed by atoms with Gasteiger partial charge in [0.15, 0.2) is 0 Å². The zero-order chi connectivity index (χ0) is 13.5. The highest BCUT2D eigenvalue weighted by Crippen LogP contribution is 2.19. The van der Waals surface area contributed by atoms with Crippen molar-refractivity contribution in [2.45, 2.75) is 65.1 Å². The third-order valence-corrected chi connectivity index (χ3v) is 2.54. The van der Waals surface area contributed by atoms with E-state index in [0.29, 0.717) is 19.6 Å². The summed E-state index contributed by atoms with van der Waals surface area (Å²) >= 11 is 0. The lowest BCUT2D eigenvalue weighted by Gasteiger charge is -2.32. The fourth-order valence-electron chi connectivity index (χ4n) is 1.16. The second-order valence-electron chi connectivity index (χ2n) is 5.55. The Morgan fingerprint density at radius 3 is 2.18 bits per heavy atom. The predicted molar refractivity (Wildman–Crippen MR) is 67.2 cm³/mol. The molecule has 0 spiro atoms. The van der Waals surface area contributed by atoms with Crippen molar-refractivity contribution in [3.8, 4) is 0 Å². The van der Waals surface area contributed by atoms with Gasteiger partial charge in [0.05, 0.1) is 17.8 Å². The lowest BCUT2D eigenvalue weighted by atomic mass is 10.0. The molecule has 0 aliphatic rings. The van der Waals surface area contributed by atoms with Crippen molar-refractivity contribution in [1.29, 1.82) is 0 Å². The number of carbonyl (C=O) groups is 1. The maximum atomic E-state index is 10.4. The molecule has 17 heavy (non-hydrogen) atoms. The highest BCUT2D eigenvalue weighted by atomic mass is 16.6. The van der Waals surface area contributed by atoms with Gasteiger partial charge in [0.2, 0.25) is 0 Å². The first-order valence-electron chi connectivity index (χ1n) is 6.18. The molecule has 0 amide bonds. The SMILES string of the molecule is CCC(C)(COC(C)(C)C)OCCCC(=O)O. The lowest BCUT2D eigenvalue weighted by molar-refractivity contribution is -0.139. The van der Waals surface area contributed by atoms with Gasteiger partial charge in [-0.3, -0.25) is 4.79 Å². The summed E-state index contributed by atoms with van der Waals surface area (Å²) in [5, 5.41) is 8.53. The molecule has 0 aliphatic heterocycles. The lowest BCUT2D eigenvalue weighted by Crippen LogP contribution is -2.37. The molecule has 0 aromatic carbocycles. The van der Waals surface area contributed by atoms with Crippen LogP contribution < -0.4 is 0 Å². The third-order valence-electron chi connectivity index (χ3n) is 2.54. The van der Waals surface area contributed by atoms with E-state index in [1.54, 1.807) is 0 Å². The largest absolute Gasteiger partial charge is 0.481 e. The van der Waals surface area contributed by atoms with E-state index in [2.05, 4.69) is 0 Å². The van der Waals surface area contributed by atoms with Gasteiger partial charge in [-0.1, -0.05) is 6.92 Å². The molecule has 0 radical (unpaired) electrons. The summed E-state index contributed by atoms with van der Waals surface area (Å²) in [5.41, 5.74) is -0.507. The Labute approximate surface area is 104 Å². The summed E-state index contributed by atoms with van der Waals surface area (Å²) in [5.74, 6) is -0.780. The van der Waals surface area contributed by atoms with Crippen molar-refractivity contribution < 1.29 is 19.4 Å². The molecule has 1 atom stereocenters. The van der Waals surface area contributed by atoms with Crippen molar-refractivity contribution in [2.24, 2.45) is 0 Å².